The lowest BCUT2D eigenvalue weighted by molar-refractivity contribution is 0.129. The Kier molecular flexibility index (Phi) is 3.12. The molecule has 0 aromatic carbocycles. The molecule has 0 atom stereocenters. The maximum Gasteiger partial charge on any atom is 0.241 e. The number of aromatic nitrogens is 2. The van der Waals surface area contributed by atoms with Crippen LogP contribution in [-0.4, -0.2) is 40.7 Å². The quantitative estimate of drug-likeness (QED) is 0.855. The van der Waals surface area contributed by atoms with Crippen LogP contribution in [0, 0.1) is 0 Å². The van der Waals surface area contributed by atoms with Crippen LogP contribution in [0.2, 0.25) is 0 Å². The molecule has 0 bridgehead atoms. The van der Waals surface area contributed by atoms with Crippen LogP contribution in [-0.2, 0) is 6.54 Å². The van der Waals surface area contributed by atoms with E-state index in [4.69, 9.17) is 8.94 Å². The number of nitrogens with one attached hydrogen (secondary N) is 1. The van der Waals surface area contributed by atoms with Gasteiger partial charge < -0.3 is 14.3 Å². The van der Waals surface area contributed by atoms with Crippen molar-refractivity contribution in [3.63, 3.8) is 0 Å². The summed E-state index contributed by atoms with van der Waals surface area (Å²) >= 11 is 0. The molecule has 1 saturated heterocycles. The van der Waals surface area contributed by atoms with E-state index in [0.29, 0.717) is 30.1 Å². The molecule has 0 saturated carbocycles. The van der Waals surface area contributed by atoms with Crippen molar-refractivity contribution in [3.05, 3.63) is 24.3 Å². The van der Waals surface area contributed by atoms with E-state index in [2.05, 4.69) is 27.3 Å². The van der Waals surface area contributed by atoms with Gasteiger partial charge in [-0.05, 0) is 18.7 Å². The van der Waals surface area contributed by atoms with Gasteiger partial charge in [0.1, 0.15) is 0 Å². The van der Waals surface area contributed by atoms with Crippen LogP contribution >= 0.6 is 0 Å². The second-order valence-corrected chi connectivity index (χ2v) is 4.36. The van der Waals surface area contributed by atoms with Gasteiger partial charge in [-0.25, -0.2) is 0 Å². The second-order valence-electron chi connectivity index (χ2n) is 4.36. The fraction of sp³-hybridized carbons (Fsp3) is 0.500. The third-order valence-corrected chi connectivity index (χ3v) is 3.23. The van der Waals surface area contributed by atoms with Crippen molar-refractivity contribution in [2.24, 2.45) is 0 Å². The van der Waals surface area contributed by atoms with Crippen LogP contribution in [0.1, 0.15) is 12.8 Å². The van der Waals surface area contributed by atoms with Crippen molar-refractivity contribution in [2.45, 2.75) is 19.5 Å². The molecule has 3 rings (SSSR count). The van der Waals surface area contributed by atoms with Crippen molar-refractivity contribution >= 4 is 0 Å². The maximum atomic E-state index is 5.26. The van der Waals surface area contributed by atoms with E-state index >= 15 is 0 Å². The minimum Gasteiger partial charge on any atom is -0.461 e. The number of nitrogens with zero attached hydrogens (tertiary/aromatic N) is 3. The van der Waals surface area contributed by atoms with Crippen molar-refractivity contribution in [3.8, 4) is 11.6 Å². The van der Waals surface area contributed by atoms with E-state index < -0.39 is 0 Å². The lowest BCUT2D eigenvalue weighted by atomic mass is 10.1. The molecule has 2 aromatic rings. The van der Waals surface area contributed by atoms with E-state index in [1.165, 1.54) is 0 Å². The number of hydrogen-bond donors (Lipinski definition) is 1. The number of hydrogen-bond acceptors (Lipinski definition) is 6. The van der Waals surface area contributed by atoms with Gasteiger partial charge in [-0.3, -0.25) is 4.90 Å². The molecule has 96 valence electrons. The van der Waals surface area contributed by atoms with Gasteiger partial charge in [0, 0.05) is 19.1 Å². The highest BCUT2D eigenvalue weighted by molar-refractivity contribution is 5.44. The summed E-state index contributed by atoms with van der Waals surface area (Å²) in [6, 6.07) is 4.21. The van der Waals surface area contributed by atoms with Gasteiger partial charge in [0.15, 0.2) is 5.76 Å². The first-order valence-electron chi connectivity index (χ1n) is 6.18. The molecule has 0 unspecified atom stereocenters. The Bertz CT molecular complexity index is 490. The summed E-state index contributed by atoms with van der Waals surface area (Å²) < 4.78 is 10.5. The summed E-state index contributed by atoms with van der Waals surface area (Å²) in [5.74, 6) is 1.78. The molecular weight excluding hydrogens is 232 g/mol. The van der Waals surface area contributed by atoms with Crippen molar-refractivity contribution in [2.75, 3.05) is 19.6 Å². The van der Waals surface area contributed by atoms with E-state index in [-0.39, 0.29) is 0 Å². The third-order valence-electron chi connectivity index (χ3n) is 3.23. The van der Waals surface area contributed by atoms with Crippen molar-refractivity contribution in [1.82, 2.24) is 20.4 Å². The molecule has 6 nitrogen and oxygen atoms in total. The molecule has 1 aliphatic heterocycles. The van der Waals surface area contributed by atoms with E-state index in [0.717, 1.165) is 19.6 Å². The Labute approximate surface area is 105 Å². The van der Waals surface area contributed by atoms with Crippen LogP contribution < -0.4 is 5.32 Å². The molecule has 2 aromatic heterocycles. The molecule has 0 spiro atoms. The van der Waals surface area contributed by atoms with Crippen LogP contribution in [0.4, 0.5) is 0 Å². The predicted octanol–water partition coefficient (Wildman–Crippen LogP) is 1.12. The van der Waals surface area contributed by atoms with Crippen LogP contribution in [0.5, 0.6) is 0 Å². The Morgan fingerprint density at radius 2 is 2.39 bits per heavy atom. The highest BCUT2D eigenvalue weighted by atomic mass is 16.5. The second kappa shape index (κ2) is 4.91. The van der Waals surface area contributed by atoms with Gasteiger partial charge in [0.2, 0.25) is 11.7 Å². The molecule has 0 aliphatic carbocycles. The lowest BCUT2D eigenvalue weighted by Crippen LogP contribution is -2.56. The highest BCUT2D eigenvalue weighted by Crippen LogP contribution is 2.17. The molecule has 1 fully saturated rings. The summed E-state index contributed by atoms with van der Waals surface area (Å²) in [5.41, 5.74) is 0. The summed E-state index contributed by atoms with van der Waals surface area (Å²) in [6.07, 6.45) is 1.60. The first-order valence-corrected chi connectivity index (χ1v) is 6.18. The van der Waals surface area contributed by atoms with E-state index in [9.17, 15) is 0 Å². The fourth-order valence-electron chi connectivity index (χ4n) is 2.03. The van der Waals surface area contributed by atoms with Crippen molar-refractivity contribution < 1.29 is 8.94 Å². The zero-order chi connectivity index (χ0) is 12.4. The molecule has 3 heterocycles. The Morgan fingerprint density at radius 1 is 1.50 bits per heavy atom. The molecular formula is C12H16N4O2. The minimum absolute atomic E-state index is 0.512. The largest absolute Gasteiger partial charge is 0.461 e. The Morgan fingerprint density at radius 3 is 3.00 bits per heavy atom. The van der Waals surface area contributed by atoms with Gasteiger partial charge in [0.05, 0.1) is 12.8 Å². The Balaban J connectivity index is 1.69. The molecule has 0 amide bonds. The van der Waals surface area contributed by atoms with Gasteiger partial charge in [0.25, 0.3) is 0 Å². The smallest absolute Gasteiger partial charge is 0.241 e. The topological polar surface area (TPSA) is 67.3 Å². The maximum absolute atomic E-state index is 5.26. The molecule has 0 radical (unpaired) electrons. The Hall–Kier alpha value is -1.66. The first kappa shape index (κ1) is 11.4. The summed E-state index contributed by atoms with van der Waals surface area (Å²) in [4.78, 5) is 6.68. The summed E-state index contributed by atoms with van der Waals surface area (Å²) in [5, 5.41) is 7.19. The molecule has 1 aliphatic rings. The van der Waals surface area contributed by atoms with Gasteiger partial charge >= 0.3 is 0 Å². The minimum atomic E-state index is 0.512. The number of rotatable bonds is 5. The monoisotopic (exact) mass is 248 g/mol. The molecule has 18 heavy (non-hydrogen) atoms. The predicted molar refractivity (Wildman–Crippen MR) is 64.7 cm³/mol. The third kappa shape index (κ3) is 2.16. The average Bonchev–Trinajstić information content (AvgIpc) is 2.95. The summed E-state index contributed by atoms with van der Waals surface area (Å²) in [7, 11) is 0. The number of furan rings is 1. The van der Waals surface area contributed by atoms with Gasteiger partial charge in [-0.2, -0.15) is 4.98 Å². The van der Waals surface area contributed by atoms with Crippen LogP contribution in [0.3, 0.4) is 0 Å². The van der Waals surface area contributed by atoms with Crippen molar-refractivity contribution in [1.29, 1.82) is 0 Å². The number of likely N-dealkylation sites (N-methyl/N-ethyl adjacent to an activating group) is 1. The van der Waals surface area contributed by atoms with E-state index in [1.54, 1.807) is 6.26 Å². The standard InChI is InChI=1S/C12H16N4O2/c1-2-16(9-6-13-7-9)8-11-14-12(15-18-11)10-4-3-5-17-10/h3-5,9,13H,2,6-8H2,1H3. The van der Waals surface area contributed by atoms with Gasteiger partial charge in [-0.15, -0.1) is 0 Å². The zero-order valence-corrected chi connectivity index (χ0v) is 10.3. The van der Waals surface area contributed by atoms with Crippen LogP contribution in [0.15, 0.2) is 27.3 Å². The summed E-state index contributed by atoms with van der Waals surface area (Å²) in [6.45, 7) is 5.88. The normalized spacial score (nSPS) is 16.1. The average molecular weight is 248 g/mol. The van der Waals surface area contributed by atoms with E-state index in [1.807, 2.05) is 12.1 Å². The highest BCUT2D eigenvalue weighted by Gasteiger charge is 2.25. The lowest BCUT2D eigenvalue weighted by Gasteiger charge is -2.36. The van der Waals surface area contributed by atoms with Crippen LogP contribution in [0.25, 0.3) is 11.6 Å². The van der Waals surface area contributed by atoms with Gasteiger partial charge in [-0.1, -0.05) is 12.1 Å². The first-order chi connectivity index (χ1) is 8.86. The SMILES string of the molecule is CCN(Cc1nc(-c2ccco2)no1)C1CNC1. The fourth-order valence-corrected chi connectivity index (χ4v) is 2.03. The molecule has 1 N–H and O–H groups in total. The molecule has 6 heteroatoms. The zero-order valence-electron chi connectivity index (χ0n) is 10.3.